The minimum atomic E-state index is -1.01. The summed E-state index contributed by atoms with van der Waals surface area (Å²) in [6, 6.07) is 11.7. The van der Waals surface area contributed by atoms with E-state index in [1.807, 2.05) is 6.92 Å². The zero-order chi connectivity index (χ0) is 44.0. The predicted molar refractivity (Wildman–Crippen MR) is 220 cm³/mol. The van der Waals surface area contributed by atoms with E-state index < -0.39 is 71.4 Å². The van der Waals surface area contributed by atoms with Crippen molar-refractivity contribution in [2.24, 2.45) is 0 Å². The number of amides is 10. The molecule has 3 aromatic carbocycles. The molecule has 6 N–H and O–H groups in total. The number of aryl methyl sites for hydroxylation is 1. The Kier molecular flexibility index (Phi) is 13.5. The van der Waals surface area contributed by atoms with E-state index in [0.29, 0.717) is 44.4 Å². The van der Waals surface area contributed by atoms with Gasteiger partial charge in [-0.05, 0) is 68.7 Å². The van der Waals surface area contributed by atoms with Gasteiger partial charge in [0.2, 0.25) is 29.5 Å². The van der Waals surface area contributed by atoms with E-state index in [9.17, 15) is 43.2 Å². The van der Waals surface area contributed by atoms with Gasteiger partial charge in [-0.1, -0.05) is 35.9 Å². The highest BCUT2D eigenvalue weighted by molar-refractivity contribution is 6.31. The standard InChI is InChI=1S/C42H43ClN8O10/c1-22-4-8-28(18-31(22)43)48-42(60)44-19-26-7-11-29-30(20-51(41(29)59)32-12-13-33(52)49-40(32)58)37(26)61-21-25-5-9-27(10-6-25)47-39(57)24(3)46-38(56)23(2)45-34(53)16-17-50-35(54)14-15-36(50)55/h4-11,14-15,18,23-24,32H,12-13,16-17,19-21H2,1-3H3,(H,45,53)(H,46,56)(H,47,57)(H2,44,48,60)(H,49,52,58)/t23-,24-,32?/m0/s1. The van der Waals surface area contributed by atoms with Crippen molar-refractivity contribution in [3.63, 3.8) is 0 Å². The summed E-state index contributed by atoms with van der Waals surface area (Å²) in [5, 5.41) is 16.1. The molecule has 0 spiro atoms. The fourth-order valence-electron chi connectivity index (χ4n) is 6.74. The minimum Gasteiger partial charge on any atom is -0.488 e. The first-order chi connectivity index (χ1) is 29.1. The molecular weight excluding hydrogens is 812 g/mol. The molecule has 0 radical (unpaired) electrons. The van der Waals surface area contributed by atoms with Crippen molar-refractivity contribution < 1.29 is 47.9 Å². The van der Waals surface area contributed by atoms with Gasteiger partial charge >= 0.3 is 6.03 Å². The van der Waals surface area contributed by atoms with Crippen LogP contribution < -0.4 is 36.6 Å². The third kappa shape index (κ3) is 10.6. The second-order valence-corrected chi connectivity index (χ2v) is 15.1. The number of urea groups is 1. The van der Waals surface area contributed by atoms with E-state index in [2.05, 4.69) is 31.9 Å². The molecule has 1 fully saturated rings. The van der Waals surface area contributed by atoms with Gasteiger partial charge in [-0.2, -0.15) is 0 Å². The Bertz CT molecular complexity index is 2330. The fraction of sp³-hybridized carbons (Fsp3) is 0.310. The molecule has 19 heteroatoms. The Hall–Kier alpha value is -7.08. The lowest BCUT2D eigenvalue weighted by Gasteiger charge is -2.29. The second-order valence-electron chi connectivity index (χ2n) is 14.7. The molecule has 3 heterocycles. The molecule has 3 aliphatic rings. The molecule has 10 amide bonds. The zero-order valence-corrected chi connectivity index (χ0v) is 34.1. The fourth-order valence-corrected chi connectivity index (χ4v) is 6.92. The highest BCUT2D eigenvalue weighted by Gasteiger charge is 2.41. The van der Waals surface area contributed by atoms with Gasteiger partial charge in [0.05, 0.1) is 6.54 Å². The van der Waals surface area contributed by atoms with E-state index >= 15 is 0 Å². The number of hydrogen-bond acceptors (Lipinski definition) is 10. The normalized spacial score (nSPS) is 16.7. The number of carbonyl (C=O) groups excluding carboxylic acids is 9. The van der Waals surface area contributed by atoms with Crippen molar-refractivity contribution >= 4 is 76.3 Å². The van der Waals surface area contributed by atoms with Gasteiger partial charge in [-0.15, -0.1) is 0 Å². The topological polar surface area (TPSA) is 242 Å². The van der Waals surface area contributed by atoms with Crippen molar-refractivity contribution in [3.05, 3.63) is 99.6 Å². The molecule has 61 heavy (non-hydrogen) atoms. The highest BCUT2D eigenvalue weighted by Crippen LogP contribution is 2.37. The molecular formula is C42H43ClN8O10. The quantitative estimate of drug-likeness (QED) is 0.122. The van der Waals surface area contributed by atoms with Crippen molar-refractivity contribution in [3.8, 4) is 5.75 Å². The van der Waals surface area contributed by atoms with Crippen LogP contribution in [0.1, 0.15) is 65.7 Å². The van der Waals surface area contributed by atoms with Crippen LogP contribution in [0, 0.1) is 6.92 Å². The number of imide groups is 2. The van der Waals surface area contributed by atoms with E-state index in [-0.39, 0.29) is 45.5 Å². The number of nitrogens with one attached hydrogen (secondary N) is 6. The van der Waals surface area contributed by atoms with Crippen molar-refractivity contribution in [2.45, 2.75) is 77.9 Å². The molecule has 3 atom stereocenters. The van der Waals surface area contributed by atoms with E-state index in [0.717, 1.165) is 22.6 Å². The summed E-state index contributed by atoms with van der Waals surface area (Å²) in [6.07, 6.45) is 2.29. The van der Waals surface area contributed by atoms with Crippen LogP contribution >= 0.6 is 11.6 Å². The summed E-state index contributed by atoms with van der Waals surface area (Å²) in [5.74, 6) is -3.78. The number of hydrogen-bond donors (Lipinski definition) is 6. The van der Waals surface area contributed by atoms with Crippen molar-refractivity contribution in [2.75, 3.05) is 17.2 Å². The van der Waals surface area contributed by atoms with Crippen LogP contribution in [-0.2, 0) is 53.3 Å². The van der Waals surface area contributed by atoms with E-state index in [1.165, 1.54) is 18.7 Å². The SMILES string of the molecule is Cc1ccc(NC(=O)NCc2ccc3c(c2OCc2ccc(NC(=O)[C@H](C)NC(=O)[C@H](C)NC(=O)CCN4C(=O)C=CC4=O)cc2)CN(C2CCC(=O)NC2=O)C3=O)cc1Cl. The van der Waals surface area contributed by atoms with Crippen LogP contribution in [0.2, 0.25) is 5.02 Å². The lowest BCUT2D eigenvalue weighted by molar-refractivity contribution is -0.138. The average molecular weight is 855 g/mol. The average Bonchev–Trinajstić information content (AvgIpc) is 3.73. The Morgan fingerprint density at radius 3 is 2.25 bits per heavy atom. The number of ether oxygens (including phenoxy) is 1. The summed E-state index contributed by atoms with van der Waals surface area (Å²) < 4.78 is 6.35. The second kappa shape index (κ2) is 18.9. The van der Waals surface area contributed by atoms with Gasteiger partial charge in [0.1, 0.15) is 30.5 Å². The molecule has 0 aromatic heterocycles. The third-order valence-corrected chi connectivity index (χ3v) is 10.6. The number of piperidine rings is 1. The van der Waals surface area contributed by atoms with Gasteiger partial charge in [-0.3, -0.25) is 48.6 Å². The Balaban J connectivity index is 1.06. The number of fused-ring (bicyclic) bond motifs is 1. The van der Waals surface area contributed by atoms with Crippen molar-refractivity contribution in [1.82, 2.24) is 31.1 Å². The lowest BCUT2D eigenvalue weighted by atomic mass is 10.0. The molecule has 0 aliphatic carbocycles. The van der Waals surface area contributed by atoms with Gasteiger partial charge in [0, 0.05) is 71.2 Å². The molecule has 18 nitrogen and oxygen atoms in total. The number of rotatable bonds is 15. The Morgan fingerprint density at radius 2 is 1.56 bits per heavy atom. The molecule has 318 valence electrons. The summed E-state index contributed by atoms with van der Waals surface area (Å²) in [6.45, 7) is 4.66. The number of halogens is 1. The molecule has 3 aromatic rings. The molecule has 0 saturated carbocycles. The van der Waals surface area contributed by atoms with Crippen LogP contribution in [0.25, 0.3) is 0 Å². The van der Waals surface area contributed by atoms with Crippen LogP contribution in [-0.4, -0.2) is 87.8 Å². The first-order valence-corrected chi connectivity index (χ1v) is 19.7. The first kappa shape index (κ1) is 43.5. The van der Waals surface area contributed by atoms with Crippen LogP contribution in [0.5, 0.6) is 5.75 Å². The summed E-state index contributed by atoms with van der Waals surface area (Å²) in [4.78, 5) is 115. The predicted octanol–water partition coefficient (Wildman–Crippen LogP) is 2.57. The summed E-state index contributed by atoms with van der Waals surface area (Å²) in [5.41, 5.74) is 3.82. The molecule has 6 rings (SSSR count). The number of nitrogens with zero attached hydrogens (tertiary/aromatic N) is 2. The maximum absolute atomic E-state index is 13.6. The third-order valence-electron chi connectivity index (χ3n) is 10.2. The highest BCUT2D eigenvalue weighted by atomic mass is 35.5. The number of carbonyl (C=O) groups is 9. The maximum atomic E-state index is 13.6. The van der Waals surface area contributed by atoms with Gasteiger partial charge < -0.3 is 36.2 Å². The van der Waals surface area contributed by atoms with Crippen LogP contribution in [0.3, 0.4) is 0 Å². The Morgan fingerprint density at radius 1 is 0.869 bits per heavy atom. The molecule has 1 unspecified atom stereocenters. The lowest BCUT2D eigenvalue weighted by Crippen LogP contribution is -2.52. The smallest absolute Gasteiger partial charge is 0.319 e. The first-order valence-electron chi connectivity index (χ1n) is 19.3. The maximum Gasteiger partial charge on any atom is 0.319 e. The molecule has 0 bridgehead atoms. The number of anilines is 2. The van der Waals surface area contributed by atoms with Crippen molar-refractivity contribution in [1.29, 1.82) is 0 Å². The van der Waals surface area contributed by atoms with Gasteiger partial charge in [0.25, 0.3) is 17.7 Å². The Labute approximate surface area is 354 Å². The van der Waals surface area contributed by atoms with E-state index in [1.54, 1.807) is 54.6 Å². The summed E-state index contributed by atoms with van der Waals surface area (Å²) >= 11 is 6.22. The molecule has 1 saturated heterocycles. The largest absolute Gasteiger partial charge is 0.488 e. The van der Waals surface area contributed by atoms with E-state index in [4.69, 9.17) is 16.3 Å². The van der Waals surface area contributed by atoms with Gasteiger partial charge in [-0.25, -0.2) is 4.79 Å². The zero-order valence-electron chi connectivity index (χ0n) is 33.4. The minimum absolute atomic E-state index is 0.00642. The van der Waals surface area contributed by atoms with Crippen LogP contribution in [0.15, 0.2) is 66.7 Å². The summed E-state index contributed by atoms with van der Waals surface area (Å²) in [7, 11) is 0. The van der Waals surface area contributed by atoms with Gasteiger partial charge in [0.15, 0.2) is 0 Å². The monoisotopic (exact) mass is 854 g/mol. The van der Waals surface area contributed by atoms with Crippen LogP contribution in [0.4, 0.5) is 16.2 Å². The number of benzene rings is 3. The molecule has 3 aliphatic heterocycles.